The Bertz CT molecular complexity index is 967. The second-order valence-electron chi connectivity index (χ2n) is 6.54. The normalized spacial score (nSPS) is 10.7. The summed E-state index contributed by atoms with van der Waals surface area (Å²) >= 11 is 0. The summed E-state index contributed by atoms with van der Waals surface area (Å²) < 4.78 is 21.2. The number of benzene rings is 2. The smallest absolute Gasteiger partial charge is 0.262 e. The van der Waals surface area contributed by atoms with Crippen LogP contribution in [0.15, 0.2) is 47.0 Å². The summed E-state index contributed by atoms with van der Waals surface area (Å²) in [5, 5.41) is 6.71. The molecular weight excluding hydrogens is 374 g/mol. The third-order valence-corrected chi connectivity index (χ3v) is 4.11. The number of carbonyl (C=O) groups excluding carboxylic acids is 1. The Hall–Kier alpha value is -3.55. The van der Waals surface area contributed by atoms with Crippen molar-refractivity contribution < 1.29 is 23.5 Å². The molecule has 0 saturated heterocycles. The molecule has 0 unspecified atom stereocenters. The molecule has 0 fully saturated rings. The van der Waals surface area contributed by atoms with E-state index in [4.69, 9.17) is 18.7 Å². The molecule has 1 N–H and O–H groups in total. The van der Waals surface area contributed by atoms with E-state index in [1.807, 2.05) is 13.8 Å². The molecule has 152 valence electrons. The van der Waals surface area contributed by atoms with Crippen LogP contribution in [0.2, 0.25) is 0 Å². The fourth-order valence-electron chi connectivity index (χ4n) is 2.53. The Kier molecular flexibility index (Phi) is 6.33. The first-order valence-electron chi connectivity index (χ1n) is 9.09. The number of carbonyl (C=O) groups is 1. The molecule has 1 amide bonds. The lowest BCUT2D eigenvalue weighted by atomic mass is 10.2. The van der Waals surface area contributed by atoms with Crippen LogP contribution >= 0.6 is 0 Å². The fraction of sp³-hybridized carbons (Fsp3) is 0.286. The van der Waals surface area contributed by atoms with Crippen molar-refractivity contribution in [2.45, 2.75) is 19.8 Å². The van der Waals surface area contributed by atoms with Crippen LogP contribution in [0.1, 0.15) is 25.6 Å². The Morgan fingerprint density at radius 1 is 1.07 bits per heavy atom. The first-order valence-corrected chi connectivity index (χ1v) is 9.09. The minimum absolute atomic E-state index is 0.155. The highest BCUT2D eigenvalue weighted by Gasteiger charge is 2.12. The Labute approximate surface area is 168 Å². The monoisotopic (exact) mass is 397 g/mol. The van der Waals surface area contributed by atoms with Crippen LogP contribution in [0.25, 0.3) is 11.5 Å². The second kappa shape index (κ2) is 9.09. The van der Waals surface area contributed by atoms with Crippen molar-refractivity contribution in [3.63, 3.8) is 0 Å². The molecule has 3 aromatic rings. The van der Waals surface area contributed by atoms with Gasteiger partial charge in [-0.25, -0.2) is 0 Å². The van der Waals surface area contributed by atoms with Gasteiger partial charge in [-0.15, -0.1) is 0 Å². The van der Waals surface area contributed by atoms with Gasteiger partial charge in [0.15, 0.2) is 12.4 Å². The average Bonchev–Trinajstić information content (AvgIpc) is 3.23. The zero-order chi connectivity index (χ0) is 20.8. The first kappa shape index (κ1) is 20.2. The van der Waals surface area contributed by atoms with Crippen LogP contribution < -0.4 is 19.5 Å². The molecule has 0 atom stereocenters. The van der Waals surface area contributed by atoms with Crippen LogP contribution in [0.4, 0.5) is 5.69 Å². The summed E-state index contributed by atoms with van der Waals surface area (Å²) in [4.78, 5) is 16.6. The average molecular weight is 397 g/mol. The van der Waals surface area contributed by atoms with E-state index in [0.29, 0.717) is 34.7 Å². The lowest BCUT2D eigenvalue weighted by Gasteiger charge is -2.12. The molecule has 0 spiro atoms. The molecule has 0 radical (unpaired) electrons. The topological polar surface area (TPSA) is 95.7 Å². The lowest BCUT2D eigenvalue weighted by molar-refractivity contribution is -0.118. The van der Waals surface area contributed by atoms with Gasteiger partial charge in [-0.2, -0.15) is 4.98 Å². The fourth-order valence-corrected chi connectivity index (χ4v) is 2.53. The number of aromatic nitrogens is 2. The maximum absolute atomic E-state index is 12.2. The maximum atomic E-state index is 12.2. The molecule has 1 heterocycles. The molecule has 8 nitrogen and oxygen atoms in total. The first-order chi connectivity index (χ1) is 14.0. The number of hydrogen-bond donors (Lipinski definition) is 1. The number of ether oxygens (including phenoxy) is 3. The summed E-state index contributed by atoms with van der Waals surface area (Å²) in [5.41, 5.74) is 1.29. The summed E-state index contributed by atoms with van der Waals surface area (Å²) in [5.74, 6) is 2.66. The Balaban J connectivity index is 1.59. The molecule has 0 bridgehead atoms. The molecule has 0 aliphatic carbocycles. The Morgan fingerprint density at radius 3 is 2.41 bits per heavy atom. The van der Waals surface area contributed by atoms with Crippen molar-refractivity contribution in [2.75, 3.05) is 26.1 Å². The van der Waals surface area contributed by atoms with Gasteiger partial charge in [0, 0.05) is 17.5 Å². The summed E-state index contributed by atoms with van der Waals surface area (Å²) in [6.45, 7) is 3.84. The van der Waals surface area contributed by atoms with Crippen LogP contribution in [0, 0.1) is 0 Å². The highest BCUT2D eigenvalue weighted by atomic mass is 16.5. The zero-order valence-electron chi connectivity index (χ0n) is 16.8. The highest BCUT2D eigenvalue weighted by molar-refractivity contribution is 5.93. The van der Waals surface area contributed by atoms with Gasteiger partial charge in [-0.1, -0.05) is 19.0 Å². The summed E-state index contributed by atoms with van der Waals surface area (Å²) in [6.07, 6.45) is 0. The van der Waals surface area contributed by atoms with Crippen LogP contribution in [0.5, 0.6) is 17.2 Å². The van der Waals surface area contributed by atoms with Crippen molar-refractivity contribution in [3.05, 3.63) is 48.3 Å². The van der Waals surface area contributed by atoms with Crippen LogP contribution in [0.3, 0.4) is 0 Å². The van der Waals surface area contributed by atoms with Gasteiger partial charge in [-0.05, 0) is 36.4 Å². The minimum atomic E-state index is -0.320. The van der Waals surface area contributed by atoms with E-state index in [9.17, 15) is 4.79 Å². The molecule has 0 aliphatic rings. The lowest BCUT2D eigenvalue weighted by Crippen LogP contribution is -2.20. The standard InChI is InChI=1S/C21H23N3O5/c1-13(2)20-23-21(29-24-20)14-5-7-15(8-6-14)28-12-19(25)22-17-11-16(26-3)9-10-18(17)27-4/h5-11,13H,12H2,1-4H3,(H,22,25). The van der Waals surface area contributed by atoms with Gasteiger partial charge in [0.2, 0.25) is 0 Å². The van der Waals surface area contributed by atoms with Gasteiger partial charge >= 0.3 is 0 Å². The second-order valence-corrected chi connectivity index (χ2v) is 6.54. The molecule has 2 aromatic carbocycles. The molecule has 3 rings (SSSR count). The van der Waals surface area contributed by atoms with Crippen molar-refractivity contribution >= 4 is 11.6 Å². The molecule has 8 heteroatoms. The zero-order valence-corrected chi connectivity index (χ0v) is 16.8. The van der Waals surface area contributed by atoms with Crippen molar-refractivity contribution in [3.8, 4) is 28.7 Å². The van der Waals surface area contributed by atoms with Crippen molar-refractivity contribution in [1.82, 2.24) is 10.1 Å². The van der Waals surface area contributed by atoms with E-state index in [1.54, 1.807) is 49.6 Å². The van der Waals surface area contributed by atoms with E-state index < -0.39 is 0 Å². The molecular formula is C21H23N3O5. The van der Waals surface area contributed by atoms with Gasteiger partial charge < -0.3 is 24.1 Å². The van der Waals surface area contributed by atoms with Gasteiger partial charge in [0.25, 0.3) is 11.8 Å². The number of nitrogens with one attached hydrogen (secondary N) is 1. The number of anilines is 1. The number of nitrogens with zero attached hydrogens (tertiary/aromatic N) is 2. The minimum Gasteiger partial charge on any atom is -0.497 e. The number of rotatable bonds is 8. The number of amides is 1. The van der Waals surface area contributed by atoms with E-state index in [0.717, 1.165) is 5.56 Å². The van der Waals surface area contributed by atoms with E-state index in [1.165, 1.54) is 7.11 Å². The predicted octanol–water partition coefficient (Wildman–Crippen LogP) is 3.89. The quantitative estimate of drug-likeness (QED) is 0.616. The summed E-state index contributed by atoms with van der Waals surface area (Å²) in [6, 6.07) is 12.2. The third-order valence-electron chi connectivity index (χ3n) is 4.11. The SMILES string of the molecule is COc1ccc(OC)c(NC(=O)COc2ccc(-c3nc(C(C)C)no3)cc2)c1. The van der Waals surface area contributed by atoms with Gasteiger partial charge in [-0.3, -0.25) is 4.79 Å². The largest absolute Gasteiger partial charge is 0.497 e. The molecule has 0 saturated carbocycles. The van der Waals surface area contributed by atoms with Crippen molar-refractivity contribution in [2.24, 2.45) is 0 Å². The maximum Gasteiger partial charge on any atom is 0.262 e. The van der Waals surface area contributed by atoms with E-state index in [2.05, 4.69) is 15.5 Å². The Morgan fingerprint density at radius 2 is 1.79 bits per heavy atom. The van der Waals surface area contributed by atoms with E-state index >= 15 is 0 Å². The summed E-state index contributed by atoms with van der Waals surface area (Å²) in [7, 11) is 3.08. The van der Waals surface area contributed by atoms with Crippen molar-refractivity contribution in [1.29, 1.82) is 0 Å². The van der Waals surface area contributed by atoms with E-state index in [-0.39, 0.29) is 18.4 Å². The number of hydrogen-bond acceptors (Lipinski definition) is 7. The van der Waals surface area contributed by atoms with Crippen LogP contribution in [-0.2, 0) is 4.79 Å². The number of methoxy groups -OCH3 is 2. The molecule has 0 aliphatic heterocycles. The molecule has 1 aromatic heterocycles. The molecule has 29 heavy (non-hydrogen) atoms. The van der Waals surface area contributed by atoms with Gasteiger partial charge in [0.1, 0.15) is 17.2 Å². The van der Waals surface area contributed by atoms with Crippen LogP contribution in [-0.4, -0.2) is 36.9 Å². The van der Waals surface area contributed by atoms with Gasteiger partial charge in [0.05, 0.1) is 19.9 Å². The third kappa shape index (κ3) is 5.04. The highest BCUT2D eigenvalue weighted by Crippen LogP contribution is 2.29. The predicted molar refractivity (Wildman–Crippen MR) is 107 cm³/mol.